The number of hydrogen-bond donors (Lipinski definition) is 1. The number of anilines is 1. The van der Waals surface area contributed by atoms with Crippen LogP contribution in [0.1, 0.15) is 35.1 Å². The van der Waals surface area contributed by atoms with Crippen LogP contribution in [0.15, 0.2) is 36.4 Å². The highest BCUT2D eigenvalue weighted by Gasteiger charge is 2.09. The number of rotatable bonds is 8. The van der Waals surface area contributed by atoms with Gasteiger partial charge < -0.3 is 14.8 Å². The molecule has 0 atom stereocenters. The number of fused-ring (bicyclic) bond motifs is 1. The van der Waals surface area contributed by atoms with Crippen LogP contribution in [0, 0.1) is 6.92 Å². The van der Waals surface area contributed by atoms with Gasteiger partial charge in [0.15, 0.2) is 17.3 Å². The minimum Gasteiger partial charge on any atom is -0.493 e. The zero-order valence-electron chi connectivity index (χ0n) is 16.1. The Morgan fingerprint density at radius 1 is 1.14 bits per heavy atom. The number of methoxy groups -OCH3 is 1. The van der Waals surface area contributed by atoms with E-state index in [1.165, 1.54) is 14.0 Å². The molecule has 28 heavy (non-hydrogen) atoms. The second-order valence-electron chi connectivity index (χ2n) is 6.34. The van der Waals surface area contributed by atoms with Crippen molar-refractivity contribution < 1.29 is 19.1 Å². The predicted octanol–water partition coefficient (Wildman–Crippen LogP) is 4.61. The summed E-state index contributed by atoms with van der Waals surface area (Å²) in [6.07, 6.45) is 0.902. The molecule has 1 N–H and O–H groups in total. The standard InChI is InChI=1S/C21H22N2O4S/c1-13(24)15-6-9-18(19(11-15)26-3)27-10-4-5-21(25)23-16-7-8-17-20(12-16)28-14(2)22-17/h6-9,11-12H,4-5,10H2,1-3H3,(H,23,25). The molecule has 0 aliphatic rings. The Hall–Kier alpha value is -2.93. The van der Waals surface area contributed by atoms with Crippen LogP contribution < -0.4 is 14.8 Å². The number of Topliss-reactive ketones (excluding diaryl/α,β-unsaturated/α-hetero) is 1. The van der Waals surface area contributed by atoms with E-state index in [-0.39, 0.29) is 11.7 Å². The number of aromatic nitrogens is 1. The van der Waals surface area contributed by atoms with Crippen molar-refractivity contribution in [2.75, 3.05) is 19.0 Å². The molecule has 0 saturated carbocycles. The molecule has 0 bridgehead atoms. The van der Waals surface area contributed by atoms with Gasteiger partial charge >= 0.3 is 0 Å². The van der Waals surface area contributed by atoms with E-state index in [0.29, 0.717) is 36.5 Å². The largest absolute Gasteiger partial charge is 0.493 e. The summed E-state index contributed by atoms with van der Waals surface area (Å²) in [7, 11) is 1.53. The molecule has 6 nitrogen and oxygen atoms in total. The number of nitrogens with one attached hydrogen (secondary N) is 1. The molecule has 0 aliphatic carbocycles. The predicted molar refractivity (Wildman–Crippen MR) is 111 cm³/mol. The van der Waals surface area contributed by atoms with Crippen molar-refractivity contribution in [3.05, 3.63) is 47.0 Å². The molecular formula is C21H22N2O4S. The molecule has 0 fully saturated rings. The highest BCUT2D eigenvalue weighted by molar-refractivity contribution is 7.18. The van der Waals surface area contributed by atoms with E-state index >= 15 is 0 Å². The first-order valence-electron chi connectivity index (χ1n) is 8.95. The number of benzene rings is 2. The summed E-state index contributed by atoms with van der Waals surface area (Å²) in [6, 6.07) is 10.8. The molecule has 7 heteroatoms. The number of nitrogens with zero attached hydrogens (tertiary/aromatic N) is 1. The van der Waals surface area contributed by atoms with E-state index in [1.807, 2.05) is 25.1 Å². The first-order valence-corrected chi connectivity index (χ1v) is 9.76. The van der Waals surface area contributed by atoms with Gasteiger partial charge in [-0.3, -0.25) is 9.59 Å². The van der Waals surface area contributed by atoms with Crippen molar-refractivity contribution in [2.45, 2.75) is 26.7 Å². The Morgan fingerprint density at radius 2 is 1.96 bits per heavy atom. The van der Waals surface area contributed by atoms with Gasteiger partial charge in [-0.15, -0.1) is 11.3 Å². The van der Waals surface area contributed by atoms with Crippen molar-refractivity contribution in [2.24, 2.45) is 0 Å². The van der Waals surface area contributed by atoms with Gasteiger partial charge in [0, 0.05) is 17.7 Å². The molecule has 146 valence electrons. The summed E-state index contributed by atoms with van der Waals surface area (Å²) in [5.41, 5.74) is 2.28. The third kappa shape index (κ3) is 4.86. The molecule has 0 unspecified atom stereocenters. The third-order valence-corrected chi connectivity index (χ3v) is 5.09. The maximum atomic E-state index is 12.2. The lowest BCUT2D eigenvalue weighted by molar-refractivity contribution is -0.116. The molecule has 2 aromatic carbocycles. The second kappa shape index (κ2) is 8.84. The molecule has 0 saturated heterocycles. The number of ketones is 1. The topological polar surface area (TPSA) is 77.5 Å². The highest BCUT2D eigenvalue weighted by Crippen LogP contribution is 2.28. The summed E-state index contributed by atoms with van der Waals surface area (Å²) in [6.45, 7) is 3.84. The normalized spacial score (nSPS) is 10.7. The number of carbonyl (C=O) groups excluding carboxylic acids is 2. The summed E-state index contributed by atoms with van der Waals surface area (Å²) < 4.78 is 12.0. The summed E-state index contributed by atoms with van der Waals surface area (Å²) >= 11 is 1.60. The Kier molecular flexibility index (Phi) is 6.26. The molecule has 0 spiro atoms. The van der Waals surface area contributed by atoms with E-state index < -0.39 is 0 Å². The molecule has 0 radical (unpaired) electrons. The lowest BCUT2D eigenvalue weighted by Gasteiger charge is -2.11. The average molecular weight is 398 g/mol. The van der Waals surface area contributed by atoms with Crippen molar-refractivity contribution in [1.82, 2.24) is 4.98 Å². The molecule has 1 heterocycles. The van der Waals surface area contributed by atoms with Gasteiger partial charge in [0.2, 0.25) is 5.91 Å². The molecular weight excluding hydrogens is 376 g/mol. The molecule has 0 aliphatic heterocycles. The first kappa shape index (κ1) is 19.8. The maximum absolute atomic E-state index is 12.2. The van der Waals surface area contributed by atoms with Crippen LogP contribution in [0.3, 0.4) is 0 Å². The lowest BCUT2D eigenvalue weighted by Crippen LogP contribution is -2.12. The average Bonchev–Trinajstić information content (AvgIpc) is 3.04. The summed E-state index contributed by atoms with van der Waals surface area (Å²) in [4.78, 5) is 28.0. The van der Waals surface area contributed by atoms with E-state index in [2.05, 4.69) is 10.3 Å². The minimum atomic E-state index is -0.0666. The second-order valence-corrected chi connectivity index (χ2v) is 7.57. The SMILES string of the molecule is COc1cc(C(C)=O)ccc1OCCCC(=O)Nc1ccc2nc(C)sc2c1. The lowest BCUT2D eigenvalue weighted by atomic mass is 10.1. The fourth-order valence-electron chi connectivity index (χ4n) is 2.76. The van der Waals surface area contributed by atoms with E-state index in [1.54, 1.807) is 29.5 Å². The van der Waals surface area contributed by atoms with Gasteiger partial charge in [-0.2, -0.15) is 0 Å². The van der Waals surface area contributed by atoms with Crippen molar-refractivity contribution in [3.63, 3.8) is 0 Å². The van der Waals surface area contributed by atoms with Crippen LogP contribution >= 0.6 is 11.3 Å². The van der Waals surface area contributed by atoms with Crippen LogP contribution in [0.25, 0.3) is 10.2 Å². The summed E-state index contributed by atoms with van der Waals surface area (Å²) in [5.74, 6) is 0.959. The van der Waals surface area contributed by atoms with Crippen LogP contribution in [-0.2, 0) is 4.79 Å². The van der Waals surface area contributed by atoms with E-state index in [9.17, 15) is 9.59 Å². The van der Waals surface area contributed by atoms with Gasteiger partial charge in [0.1, 0.15) is 0 Å². The first-order chi connectivity index (χ1) is 13.5. The van der Waals surface area contributed by atoms with Gasteiger partial charge in [0.25, 0.3) is 0 Å². The van der Waals surface area contributed by atoms with Crippen LogP contribution in [-0.4, -0.2) is 30.4 Å². The van der Waals surface area contributed by atoms with E-state index in [4.69, 9.17) is 9.47 Å². The molecule has 1 aromatic heterocycles. The number of thiazole rings is 1. The third-order valence-electron chi connectivity index (χ3n) is 4.16. The quantitative estimate of drug-likeness (QED) is 0.443. The Morgan fingerprint density at radius 3 is 2.71 bits per heavy atom. The summed E-state index contributed by atoms with van der Waals surface area (Å²) in [5, 5.41) is 3.91. The highest BCUT2D eigenvalue weighted by atomic mass is 32.1. The van der Waals surface area contributed by atoms with Crippen LogP contribution in [0.4, 0.5) is 5.69 Å². The van der Waals surface area contributed by atoms with Crippen molar-refractivity contribution >= 4 is 38.9 Å². The smallest absolute Gasteiger partial charge is 0.224 e. The zero-order valence-corrected chi connectivity index (χ0v) is 16.9. The van der Waals surface area contributed by atoms with Crippen molar-refractivity contribution in [1.29, 1.82) is 0 Å². The molecule has 3 rings (SSSR count). The number of carbonyl (C=O) groups is 2. The maximum Gasteiger partial charge on any atom is 0.224 e. The molecule has 1 amide bonds. The number of amides is 1. The van der Waals surface area contributed by atoms with Gasteiger partial charge in [0.05, 0.1) is 28.9 Å². The number of hydrogen-bond acceptors (Lipinski definition) is 6. The fraction of sp³-hybridized carbons (Fsp3) is 0.286. The fourth-order valence-corrected chi connectivity index (χ4v) is 3.63. The van der Waals surface area contributed by atoms with Crippen molar-refractivity contribution in [3.8, 4) is 11.5 Å². The minimum absolute atomic E-state index is 0.0341. The Bertz CT molecular complexity index is 1010. The Balaban J connectivity index is 1.49. The van der Waals surface area contributed by atoms with Crippen LogP contribution in [0.2, 0.25) is 0 Å². The number of aryl methyl sites for hydroxylation is 1. The zero-order chi connectivity index (χ0) is 20.1. The monoisotopic (exact) mass is 398 g/mol. The molecule has 3 aromatic rings. The van der Waals surface area contributed by atoms with Gasteiger partial charge in [-0.1, -0.05) is 0 Å². The van der Waals surface area contributed by atoms with E-state index in [0.717, 1.165) is 20.9 Å². The number of ether oxygens (including phenoxy) is 2. The van der Waals surface area contributed by atoms with Gasteiger partial charge in [-0.05, 0) is 56.7 Å². The van der Waals surface area contributed by atoms with Crippen LogP contribution in [0.5, 0.6) is 11.5 Å². The van der Waals surface area contributed by atoms with Gasteiger partial charge in [-0.25, -0.2) is 4.98 Å². The Labute approximate surface area is 167 Å².